The minimum Gasteiger partial charge on any atom is -0.508 e. The van der Waals surface area contributed by atoms with Gasteiger partial charge in [0, 0.05) is 37.4 Å². The van der Waals surface area contributed by atoms with Crippen molar-refractivity contribution in [3.8, 4) is 5.75 Å². The fourth-order valence-corrected chi connectivity index (χ4v) is 3.89. The van der Waals surface area contributed by atoms with E-state index in [0.717, 1.165) is 54.8 Å². The summed E-state index contributed by atoms with van der Waals surface area (Å²) >= 11 is 1.66. The summed E-state index contributed by atoms with van der Waals surface area (Å²) in [5.41, 5.74) is 0.985. The van der Waals surface area contributed by atoms with Gasteiger partial charge in [0.15, 0.2) is 5.16 Å². The molecule has 1 N–H and O–H groups in total. The van der Waals surface area contributed by atoms with E-state index in [-0.39, 0.29) is 0 Å². The van der Waals surface area contributed by atoms with Crippen LogP contribution in [0.4, 0.5) is 0 Å². The van der Waals surface area contributed by atoms with Crippen LogP contribution < -0.4 is 0 Å². The number of aromatic hydroxyl groups is 1. The topological polar surface area (TPSA) is 54.2 Å². The quantitative estimate of drug-likeness (QED) is 0.644. The molecule has 1 fully saturated rings. The Bertz CT molecular complexity index is 700. The molecule has 1 atom stereocenters. The Hall–Kier alpha value is -1.79. The number of piperidine rings is 1. The molecule has 2 aromatic rings. The lowest BCUT2D eigenvalue weighted by atomic mass is 9.96. The zero-order valence-electron chi connectivity index (χ0n) is 14.1. The number of thioether (sulfide) groups is 1. The van der Waals surface area contributed by atoms with Crippen LogP contribution in [0, 0.1) is 0 Å². The van der Waals surface area contributed by atoms with Crippen LogP contribution in [-0.4, -0.2) is 43.6 Å². The maximum absolute atomic E-state index is 9.99. The second-order valence-electron chi connectivity index (χ2n) is 6.20. The SMILES string of the molecule is C=CCSc1nnc(C2CCCN(Cc3ccccc3O)C2)n1C. The van der Waals surface area contributed by atoms with Gasteiger partial charge in [-0.25, -0.2) is 0 Å². The summed E-state index contributed by atoms with van der Waals surface area (Å²) < 4.78 is 2.11. The van der Waals surface area contributed by atoms with Gasteiger partial charge in [0.1, 0.15) is 11.6 Å². The van der Waals surface area contributed by atoms with E-state index in [1.54, 1.807) is 17.8 Å². The number of rotatable bonds is 6. The van der Waals surface area contributed by atoms with Crippen LogP contribution in [0.15, 0.2) is 42.1 Å². The number of para-hydroxylation sites is 1. The van der Waals surface area contributed by atoms with Crippen molar-refractivity contribution in [1.29, 1.82) is 0 Å². The van der Waals surface area contributed by atoms with Gasteiger partial charge in [-0.05, 0) is 25.5 Å². The van der Waals surface area contributed by atoms with Gasteiger partial charge >= 0.3 is 0 Å². The zero-order chi connectivity index (χ0) is 16.9. The average molecular weight is 344 g/mol. The third kappa shape index (κ3) is 3.82. The van der Waals surface area contributed by atoms with Gasteiger partial charge in [-0.3, -0.25) is 4.90 Å². The molecule has 1 saturated heterocycles. The standard InChI is InChI=1S/C18H24N4OS/c1-3-11-24-18-20-19-17(21(18)2)15-8-6-10-22(13-15)12-14-7-4-5-9-16(14)23/h3-5,7,9,15,23H,1,6,8,10-13H2,2H3. The Morgan fingerprint density at radius 3 is 3.00 bits per heavy atom. The van der Waals surface area contributed by atoms with Gasteiger partial charge in [0.25, 0.3) is 0 Å². The monoisotopic (exact) mass is 344 g/mol. The number of phenolic OH excluding ortho intramolecular Hbond substituents is 1. The highest BCUT2D eigenvalue weighted by atomic mass is 32.2. The van der Waals surface area contributed by atoms with Crippen LogP contribution in [0.5, 0.6) is 5.75 Å². The van der Waals surface area contributed by atoms with E-state index in [2.05, 4.69) is 26.2 Å². The number of nitrogens with zero attached hydrogens (tertiary/aromatic N) is 4. The van der Waals surface area contributed by atoms with Gasteiger partial charge in [-0.1, -0.05) is 36.0 Å². The molecule has 1 aromatic heterocycles. The Labute approximate surface area is 147 Å². The lowest BCUT2D eigenvalue weighted by molar-refractivity contribution is 0.193. The van der Waals surface area contributed by atoms with Crippen LogP contribution in [0.3, 0.4) is 0 Å². The third-order valence-corrected chi connectivity index (χ3v) is 5.47. The van der Waals surface area contributed by atoms with Crippen molar-refractivity contribution < 1.29 is 5.11 Å². The smallest absolute Gasteiger partial charge is 0.191 e. The van der Waals surface area contributed by atoms with Crippen LogP contribution in [0.1, 0.15) is 30.1 Å². The van der Waals surface area contributed by atoms with Gasteiger partial charge in [-0.2, -0.15) is 0 Å². The average Bonchev–Trinajstić information content (AvgIpc) is 2.96. The van der Waals surface area contributed by atoms with E-state index in [1.807, 2.05) is 31.3 Å². The summed E-state index contributed by atoms with van der Waals surface area (Å²) in [5.74, 6) is 2.67. The molecule has 0 radical (unpaired) electrons. The first-order valence-electron chi connectivity index (χ1n) is 8.31. The molecule has 0 aliphatic carbocycles. The second kappa shape index (κ2) is 7.85. The van der Waals surface area contributed by atoms with E-state index in [1.165, 1.54) is 0 Å². The van der Waals surface area contributed by atoms with Crippen LogP contribution >= 0.6 is 11.8 Å². The van der Waals surface area contributed by atoms with E-state index in [4.69, 9.17) is 0 Å². The predicted molar refractivity (Wildman–Crippen MR) is 97.3 cm³/mol. The summed E-state index contributed by atoms with van der Waals surface area (Å²) in [4.78, 5) is 2.40. The number of phenols is 1. The number of hydrogen-bond donors (Lipinski definition) is 1. The highest BCUT2D eigenvalue weighted by Crippen LogP contribution is 2.29. The number of benzene rings is 1. The Balaban J connectivity index is 1.68. The lowest BCUT2D eigenvalue weighted by Crippen LogP contribution is -2.34. The fourth-order valence-electron chi connectivity index (χ4n) is 3.24. The highest BCUT2D eigenvalue weighted by Gasteiger charge is 2.26. The van der Waals surface area contributed by atoms with Gasteiger partial charge in [0.2, 0.25) is 0 Å². The molecule has 1 unspecified atom stereocenters. The molecule has 24 heavy (non-hydrogen) atoms. The van der Waals surface area contributed by atoms with Gasteiger partial charge in [0.05, 0.1) is 0 Å². The molecule has 6 heteroatoms. The van der Waals surface area contributed by atoms with E-state index in [9.17, 15) is 5.11 Å². The largest absolute Gasteiger partial charge is 0.508 e. The minimum atomic E-state index is 0.376. The molecule has 5 nitrogen and oxygen atoms in total. The summed E-state index contributed by atoms with van der Waals surface area (Å²) in [7, 11) is 2.04. The van der Waals surface area contributed by atoms with E-state index in [0.29, 0.717) is 11.7 Å². The molecule has 1 aromatic carbocycles. The van der Waals surface area contributed by atoms with Crippen molar-refractivity contribution in [2.24, 2.45) is 7.05 Å². The third-order valence-electron chi connectivity index (χ3n) is 4.46. The molecule has 3 rings (SSSR count). The maximum atomic E-state index is 9.99. The maximum Gasteiger partial charge on any atom is 0.191 e. The zero-order valence-corrected chi connectivity index (χ0v) is 14.9. The molecule has 0 amide bonds. The van der Waals surface area contributed by atoms with Crippen molar-refractivity contribution in [3.05, 3.63) is 48.3 Å². The molecule has 128 valence electrons. The van der Waals surface area contributed by atoms with Crippen molar-refractivity contribution in [3.63, 3.8) is 0 Å². The van der Waals surface area contributed by atoms with Gasteiger partial charge < -0.3 is 9.67 Å². The first-order chi connectivity index (χ1) is 11.7. The molecule has 0 bridgehead atoms. The molecule has 1 aliphatic heterocycles. The highest BCUT2D eigenvalue weighted by molar-refractivity contribution is 7.99. The number of hydrogen-bond acceptors (Lipinski definition) is 5. The molecular weight excluding hydrogens is 320 g/mol. The molecule has 2 heterocycles. The fraction of sp³-hybridized carbons (Fsp3) is 0.444. The summed E-state index contributed by atoms with van der Waals surface area (Å²) in [6.45, 7) is 6.54. The molecular formula is C18H24N4OS. The Morgan fingerprint density at radius 1 is 1.38 bits per heavy atom. The summed E-state index contributed by atoms with van der Waals surface area (Å²) in [6.07, 6.45) is 4.16. The number of likely N-dealkylation sites (tertiary alicyclic amines) is 1. The van der Waals surface area contributed by atoms with Gasteiger partial charge in [-0.15, -0.1) is 16.8 Å². The Kier molecular flexibility index (Phi) is 5.58. The first-order valence-corrected chi connectivity index (χ1v) is 9.29. The van der Waals surface area contributed by atoms with Crippen molar-refractivity contribution in [2.75, 3.05) is 18.8 Å². The van der Waals surface area contributed by atoms with Crippen LogP contribution in [0.2, 0.25) is 0 Å². The van der Waals surface area contributed by atoms with Crippen molar-refractivity contribution in [2.45, 2.75) is 30.5 Å². The van der Waals surface area contributed by atoms with Crippen molar-refractivity contribution in [1.82, 2.24) is 19.7 Å². The predicted octanol–water partition coefficient (Wildman–Crippen LogP) is 3.18. The second-order valence-corrected chi connectivity index (χ2v) is 7.19. The van der Waals surface area contributed by atoms with E-state index >= 15 is 0 Å². The minimum absolute atomic E-state index is 0.376. The lowest BCUT2D eigenvalue weighted by Gasteiger charge is -2.32. The molecule has 1 aliphatic rings. The normalized spacial score (nSPS) is 18.6. The van der Waals surface area contributed by atoms with Crippen LogP contribution in [0.25, 0.3) is 0 Å². The van der Waals surface area contributed by atoms with Crippen molar-refractivity contribution >= 4 is 11.8 Å². The summed E-state index contributed by atoms with van der Waals surface area (Å²) in [5, 5.41) is 19.7. The van der Waals surface area contributed by atoms with E-state index < -0.39 is 0 Å². The van der Waals surface area contributed by atoms with Crippen LogP contribution in [-0.2, 0) is 13.6 Å². The first kappa shape index (κ1) is 17.0. The summed E-state index contributed by atoms with van der Waals surface area (Å²) in [6, 6.07) is 7.58. The molecule has 0 saturated carbocycles. The Morgan fingerprint density at radius 2 is 2.21 bits per heavy atom. The molecule has 0 spiro atoms. The number of aromatic nitrogens is 3.